The predicted octanol–water partition coefficient (Wildman–Crippen LogP) is 2.73. The first kappa shape index (κ1) is 20.0. The Bertz CT molecular complexity index is 1080. The number of aromatic nitrogens is 2. The average molecular weight is 423 g/mol. The zero-order chi connectivity index (χ0) is 21.1. The summed E-state index contributed by atoms with van der Waals surface area (Å²) in [5.41, 5.74) is 3.69. The van der Waals surface area contributed by atoms with E-state index in [9.17, 15) is 9.59 Å². The van der Waals surface area contributed by atoms with Crippen molar-refractivity contribution in [3.8, 4) is 10.6 Å². The van der Waals surface area contributed by atoms with E-state index in [1.54, 1.807) is 18.3 Å². The summed E-state index contributed by atoms with van der Waals surface area (Å²) in [5.74, 6) is 0.259. The van der Waals surface area contributed by atoms with Crippen molar-refractivity contribution >= 4 is 40.5 Å². The first-order valence-corrected chi connectivity index (χ1v) is 10.4. The molecule has 3 N–H and O–H groups in total. The molecule has 2 amide bonds. The molecule has 0 atom stereocenters. The summed E-state index contributed by atoms with van der Waals surface area (Å²) < 4.78 is 0. The quantitative estimate of drug-likeness (QED) is 0.565. The number of anilines is 3. The summed E-state index contributed by atoms with van der Waals surface area (Å²) >= 11 is 1.53. The van der Waals surface area contributed by atoms with Crippen molar-refractivity contribution in [2.75, 3.05) is 37.8 Å². The van der Waals surface area contributed by atoms with Crippen LogP contribution in [0.1, 0.15) is 15.9 Å². The van der Waals surface area contributed by atoms with Crippen LogP contribution in [-0.2, 0) is 11.2 Å². The van der Waals surface area contributed by atoms with Crippen LogP contribution in [0, 0.1) is 0 Å². The lowest BCUT2D eigenvalue weighted by Crippen LogP contribution is -2.31. The van der Waals surface area contributed by atoms with Crippen LogP contribution in [0.5, 0.6) is 0 Å². The SMILES string of the molecule is CN(C)CCNC(=O)c1ccc(Nc2ncc3c(n2)-c2sccc2NC(=O)C3)cc1. The Morgan fingerprint density at radius 1 is 1.23 bits per heavy atom. The first-order valence-electron chi connectivity index (χ1n) is 9.53. The minimum absolute atomic E-state index is 0.0721. The van der Waals surface area contributed by atoms with Gasteiger partial charge in [0.1, 0.15) is 0 Å². The smallest absolute Gasteiger partial charge is 0.251 e. The summed E-state index contributed by atoms with van der Waals surface area (Å²) in [5, 5.41) is 10.9. The van der Waals surface area contributed by atoms with Crippen LogP contribution in [0.25, 0.3) is 10.6 Å². The summed E-state index contributed by atoms with van der Waals surface area (Å²) in [7, 11) is 3.93. The van der Waals surface area contributed by atoms with Gasteiger partial charge in [-0.25, -0.2) is 9.97 Å². The largest absolute Gasteiger partial charge is 0.351 e. The fraction of sp³-hybridized carbons (Fsp3) is 0.238. The molecule has 154 valence electrons. The van der Waals surface area contributed by atoms with Crippen LogP contribution in [-0.4, -0.2) is 53.9 Å². The Morgan fingerprint density at radius 3 is 2.80 bits per heavy atom. The monoisotopic (exact) mass is 422 g/mol. The third-order valence-electron chi connectivity index (χ3n) is 4.62. The molecule has 3 aromatic rings. The first-order chi connectivity index (χ1) is 14.5. The summed E-state index contributed by atoms with van der Waals surface area (Å²) in [6, 6.07) is 9.03. The van der Waals surface area contributed by atoms with E-state index in [2.05, 4.69) is 25.9 Å². The van der Waals surface area contributed by atoms with Crippen molar-refractivity contribution in [3.63, 3.8) is 0 Å². The Labute approximate surface area is 178 Å². The zero-order valence-electron chi connectivity index (χ0n) is 16.7. The van der Waals surface area contributed by atoms with E-state index in [0.29, 0.717) is 18.1 Å². The average Bonchev–Trinajstić information content (AvgIpc) is 3.12. The molecule has 3 heterocycles. The second-order valence-corrected chi connectivity index (χ2v) is 8.13. The van der Waals surface area contributed by atoms with E-state index in [-0.39, 0.29) is 18.2 Å². The maximum atomic E-state index is 12.2. The Kier molecular flexibility index (Phi) is 5.73. The number of fused-ring (bicyclic) bond motifs is 3. The van der Waals surface area contributed by atoms with Crippen LogP contribution in [0.2, 0.25) is 0 Å². The van der Waals surface area contributed by atoms with Gasteiger partial charge < -0.3 is 20.9 Å². The van der Waals surface area contributed by atoms with Crippen LogP contribution >= 0.6 is 11.3 Å². The van der Waals surface area contributed by atoms with Crippen LogP contribution in [0.15, 0.2) is 41.9 Å². The Morgan fingerprint density at radius 2 is 2.03 bits per heavy atom. The molecule has 1 aromatic carbocycles. The number of amides is 2. The number of hydrogen-bond acceptors (Lipinski definition) is 7. The molecule has 0 bridgehead atoms. The van der Waals surface area contributed by atoms with Gasteiger partial charge >= 0.3 is 0 Å². The number of nitrogens with zero attached hydrogens (tertiary/aromatic N) is 3. The van der Waals surface area contributed by atoms with Crippen molar-refractivity contribution in [3.05, 3.63) is 53.0 Å². The molecule has 30 heavy (non-hydrogen) atoms. The summed E-state index contributed by atoms with van der Waals surface area (Å²) in [6.45, 7) is 1.38. The minimum Gasteiger partial charge on any atom is -0.351 e. The molecule has 0 unspecified atom stereocenters. The molecule has 0 aliphatic carbocycles. The van der Waals surface area contributed by atoms with Crippen LogP contribution < -0.4 is 16.0 Å². The van der Waals surface area contributed by atoms with Gasteiger partial charge in [-0.3, -0.25) is 9.59 Å². The van der Waals surface area contributed by atoms with Gasteiger partial charge in [0, 0.05) is 36.1 Å². The van der Waals surface area contributed by atoms with E-state index >= 15 is 0 Å². The lowest BCUT2D eigenvalue weighted by molar-refractivity contribution is -0.115. The summed E-state index contributed by atoms with van der Waals surface area (Å²) in [4.78, 5) is 36.2. The number of likely N-dealkylation sites (N-methyl/N-ethyl adjacent to an activating group) is 1. The van der Waals surface area contributed by atoms with Crippen LogP contribution in [0.3, 0.4) is 0 Å². The number of benzene rings is 1. The molecule has 0 radical (unpaired) electrons. The molecular formula is C21H22N6O2S. The molecule has 9 heteroatoms. The van der Waals surface area contributed by atoms with Gasteiger partial charge in [-0.05, 0) is 49.8 Å². The second kappa shape index (κ2) is 8.60. The van der Waals surface area contributed by atoms with Gasteiger partial charge in [-0.2, -0.15) is 0 Å². The Balaban J connectivity index is 1.48. The van der Waals surface area contributed by atoms with Crippen molar-refractivity contribution in [2.45, 2.75) is 6.42 Å². The highest BCUT2D eigenvalue weighted by molar-refractivity contribution is 7.14. The lowest BCUT2D eigenvalue weighted by Gasteiger charge is -2.11. The van der Waals surface area contributed by atoms with E-state index in [1.807, 2.05) is 42.6 Å². The fourth-order valence-electron chi connectivity index (χ4n) is 3.08. The van der Waals surface area contributed by atoms with Crippen LogP contribution in [0.4, 0.5) is 17.3 Å². The number of carbonyl (C=O) groups excluding carboxylic acids is 2. The number of carbonyl (C=O) groups is 2. The molecule has 2 aromatic heterocycles. The number of thiophene rings is 1. The van der Waals surface area contributed by atoms with Gasteiger partial charge in [0.2, 0.25) is 11.9 Å². The molecule has 1 aliphatic rings. The number of rotatable bonds is 6. The van der Waals surface area contributed by atoms with Crippen molar-refractivity contribution in [1.29, 1.82) is 0 Å². The van der Waals surface area contributed by atoms with E-state index < -0.39 is 0 Å². The predicted molar refractivity (Wildman–Crippen MR) is 118 cm³/mol. The standard InChI is InChI=1S/C21H22N6O2S/c1-27(2)9-8-22-20(29)13-3-5-15(6-4-13)24-21-23-12-14-11-17(28)25-16-7-10-30-19(16)18(14)26-21/h3-7,10,12H,8-9,11H2,1-2H3,(H,22,29)(H,25,28)(H,23,24,26). The molecule has 1 aliphatic heterocycles. The molecule has 4 rings (SSSR count). The topological polar surface area (TPSA) is 99.2 Å². The van der Waals surface area contributed by atoms with Crippen molar-refractivity contribution in [2.24, 2.45) is 0 Å². The molecular weight excluding hydrogens is 400 g/mol. The normalized spacial score (nSPS) is 12.6. The van der Waals surface area contributed by atoms with E-state index in [1.165, 1.54) is 11.3 Å². The van der Waals surface area contributed by atoms with Gasteiger partial charge in [0.25, 0.3) is 5.91 Å². The minimum atomic E-state index is -0.105. The molecule has 8 nitrogen and oxygen atoms in total. The third-order valence-corrected chi connectivity index (χ3v) is 5.54. The molecule has 0 fully saturated rings. The van der Waals surface area contributed by atoms with Gasteiger partial charge in [-0.15, -0.1) is 11.3 Å². The maximum Gasteiger partial charge on any atom is 0.251 e. The molecule has 0 saturated heterocycles. The Hall–Kier alpha value is -3.30. The summed E-state index contributed by atoms with van der Waals surface area (Å²) in [6.07, 6.45) is 1.93. The van der Waals surface area contributed by atoms with Gasteiger partial charge in [0.15, 0.2) is 0 Å². The highest BCUT2D eigenvalue weighted by atomic mass is 32.1. The molecule has 0 saturated carbocycles. The van der Waals surface area contributed by atoms with Crippen molar-refractivity contribution in [1.82, 2.24) is 20.2 Å². The highest BCUT2D eigenvalue weighted by Gasteiger charge is 2.22. The van der Waals surface area contributed by atoms with Crippen molar-refractivity contribution < 1.29 is 9.59 Å². The second-order valence-electron chi connectivity index (χ2n) is 7.22. The fourth-order valence-corrected chi connectivity index (χ4v) is 3.96. The number of nitrogens with one attached hydrogen (secondary N) is 3. The molecule has 0 spiro atoms. The third kappa shape index (κ3) is 4.47. The zero-order valence-corrected chi connectivity index (χ0v) is 17.5. The number of hydrogen-bond donors (Lipinski definition) is 3. The van der Waals surface area contributed by atoms with Gasteiger partial charge in [0.05, 0.1) is 22.7 Å². The maximum absolute atomic E-state index is 12.2. The van der Waals surface area contributed by atoms with Gasteiger partial charge in [-0.1, -0.05) is 0 Å². The van der Waals surface area contributed by atoms with E-state index in [0.717, 1.165) is 34.1 Å². The highest BCUT2D eigenvalue weighted by Crippen LogP contribution is 2.37. The lowest BCUT2D eigenvalue weighted by atomic mass is 10.1. The van der Waals surface area contributed by atoms with E-state index in [4.69, 9.17) is 0 Å².